The monoisotopic (exact) mass is 374 g/mol. The summed E-state index contributed by atoms with van der Waals surface area (Å²) >= 11 is 0. The average molecular weight is 374 g/mol. The second-order valence-corrected chi connectivity index (χ2v) is 7.41. The Balaban J connectivity index is 1.28. The van der Waals surface area contributed by atoms with Crippen LogP contribution in [0, 0.1) is 12.8 Å². The van der Waals surface area contributed by atoms with Gasteiger partial charge in [0.15, 0.2) is 5.82 Å². The van der Waals surface area contributed by atoms with E-state index in [9.17, 15) is 0 Å². The van der Waals surface area contributed by atoms with Crippen molar-refractivity contribution in [1.82, 2.24) is 25.1 Å². The number of piperidine rings is 1. The lowest BCUT2D eigenvalue weighted by Gasteiger charge is -2.33. The molecule has 5 rings (SSSR count). The molecule has 1 fully saturated rings. The first kappa shape index (κ1) is 16.9. The number of hydrogen-bond donors (Lipinski definition) is 1. The van der Waals surface area contributed by atoms with E-state index in [1.807, 2.05) is 37.4 Å². The van der Waals surface area contributed by atoms with Gasteiger partial charge >= 0.3 is 0 Å². The quantitative estimate of drug-likeness (QED) is 0.585. The molecular weight excluding hydrogens is 352 g/mol. The number of rotatable bonds is 4. The van der Waals surface area contributed by atoms with E-state index in [-0.39, 0.29) is 0 Å². The molecule has 0 aliphatic carbocycles. The van der Waals surface area contributed by atoms with E-state index < -0.39 is 0 Å². The number of hydrogen-bond acceptors (Lipinski definition) is 6. The summed E-state index contributed by atoms with van der Waals surface area (Å²) in [5.74, 6) is 3.77. The Morgan fingerprint density at radius 1 is 1.18 bits per heavy atom. The Labute approximate surface area is 162 Å². The first-order valence-corrected chi connectivity index (χ1v) is 9.70. The van der Waals surface area contributed by atoms with Crippen LogP contribution in [0.2, 0.25) is 0 Å². The number of nitrogens with zero attached hydrogens (tertiary/aromatic N) is 5. The minimum absolute atomic E-state index is 0.512. The fourth-order valence-electron chi connectivity index (χ4n) is 3.93. The van der Waals surface area contributed by atoms with Gasteiger partial charge in [-0.25, -0.2) is 9.97 Å². The molecule has 1 saturated heterocycles. The smallest absolute Gasteiger partial charge is 0.259 e. The number of para-hydroxylation sites is 2. The van der Waals surface area contributed by atoms with Crippen LogP contribution in [-0.2, 0) is 6.42 Å². The second-order valence-electron chi connectivity index (χ2n) is 7.41. The van der Waals surface area contributed by atoms with Crippen LogP contribution in [-0.4, -0.2) is 38.2 Å². The number of fused-ring (bicyclic) bond motifs is 1. The molecule has 28 heavy (non-hydrogen) atoms. The third kappa shape index (κ3) is 3.35. The largest absolute Gasteiger partial charge is 0.356 e. The predicted octanol–water partition coefficient (Wildman–Crippen LogP) is 3.78. The van der Waals surface area contributed by atoms with E-state index >= 15 is 0 Å². The van der Waals surface area contributed by atoms with Crippen molar-refractivity contribution in [2.45, 2.75) is 26.2 Å². The van der Waals surface area contributed by atoms with Crippen molar-refractivity contribution in [2.24, 2.45) is 5.92 Å². The number of H-pyrrole nitrogens is 1. The molecule has 0 spiro atoms. The lowest BCUT2D eigenvalue weighted by Crippen LogP contribution is -2.36. The van der Waals surface area contributed by atoms with E-state index in [2.05, 4.69) is 37.1 Å². The molecule has 1 aromatic carbocycles. The van der Waals surface area contributed by atoms with Gasteiger partial charge in [0.05, 0.1) is 16.6 Å². The van der Waals surface area contributed by atoms with Gasteiger partial charge in [-0.15, -0.1) is 0 Å². The van der Waals surface area contributed by atoms with E-state index in [1.54, 1.807) is 0 Å². The minimum Gasteiger partial charge on any atom is -0.356 e. The normalized spacial score (nSPS) is 17.3. The fraction of sp³-hybridized carbons (Fsp3) is 0.333. The van der Waals surface area contributed by atoms with Crippen LogP contribution in [0.3, 0.4) is 0 Å². The van der Waals surface area contributed by atoms with Crippen molar-refractivity contribution in [3.05, 3.63) is 54.2 Å². The van der Waals surface area contributed by atoms with Crippen molar-refractivity contribution < 1.29 is 4.52 Å². The standard InChI is InChI=1S/C21H22N6O/c1-14-23-21(28-26-14)16-8-9-20(22-12-16)27-10-4-5-15(13-27)11-19-24-17-6-2-3-7-18(17)25-19/h2-3,6-9,12,15H,4-5,10-11,13H2,1H3,(H,24,25)/t15-/m0/s1. The molecule has 7 heteroatoms. The number of pyridine rings is 1. The molecule has 1 N–H and O–H groups in total. The third-order valence-electron chi connectivity index (χ3n) is 5.29. The molecule has 7 nitrogen and oxygen atoms in total. The molecule has 4 heterocycles. The number of aryl methyl sites for hydroxylation is 1. The molecule has 3 aromatic heterocycles. The first-order chi connectivity index (χ1) is 13.7. The van der Waals surface area contributed by atoms with Gasteiger partial charge in [-0.3, -0.25) is 0 Å². The van der Waals surface area contributed by atoms with Crippen molar-refractivity contribution in [2.75, 3.05) is 18.0 Å². The highest BCUT2D eigenvalue weighted by molar-refractivity contribution is 5.74. The summed E-state index contributed by atoms with van der Waals surface area (Å²) in [6.45, 7) is 3.83. The number of imidazole rings is 1. The van der Waals surface area contributed by atoms with Gasteiger partial charge in [0.2, 0.25) is 0 Å². The molecule has 0 amide bonds. The summed E-state index contributed by atoms with van der Waals surface area (Å²) in [5.41, 5.74) is 3.00. The number of aromatic nitrogens is 5. The van der Waals surface area contributed by atoms with E-state index in [4.69, 9.17) is 9.51 Å². The van der Waals surface area contributed by atoms with Crippen molar-refractivity contribution in [1.29, 1.82) is 0 Å². The van der Waals surface area contributed by atoms with E-state index in [0.717, 1.165) is 54.2 Å². The van der Waals surface area contributed by atoms with Crippen LogP contribution in [0.1, 0.15) is 24.5 Å². The lowest BCUT2D eigenvalue weighted by atomic mass is 9.94. The highest BCUT2D eigenvalue weighted by Gasteiger charge is 2.22. The van der Waals surface area contributed by atoms with Gasteiger partial charge in [-0.1, -0.05) is 17.3 Å². The van der Waals surface area contributed by atoms with Crippen LogP contribution in [0.4, 0.5) is 5.82 Å². The summed E-state index contributed by atoms with van der Waals surface area (Å²) in [4.78, 5) is 19.5. The number of benzene rings is 1. The lowest BCUT2D eigenvalue weighted by molar-refractivity contribution is 0.406. The summed E-state index contributed by atoms with van der Waals surface area (Å²) in [7, 11) is 0. The summed E-state index contributed by atoms with van der Waals surface area (Å²) in [5, 5.41) is 3.84. The average Bonchev–Trinajstić information content (AvgIpc) is 3.34. The highest BCUT2D eigenvalue weighted by atomic mass is 16.5. The summed E-state index contributed by atoms with van der Waals surface area (Å²) in [6.07, 6.45) is 5.15. The Morgan fingerprint density at radius 2 is 2.11 bits per heavy atom. The van der Waals surface area contributed by atoms with Gasteiger partial charge in [0.1, 0.15) is 11.6 Å². The SMILES string of the molecule is Cc1noc(-c2ccc(N3CCC[C@@H](Cc4nc5ccccc5[nH]4)C3)nc2)n1. The maximum absolute atomic E-state index is 5.22. The maximum atomic E-state index is 5.22. The molecule has 0 bridgehead atoms. The molecule has 1 aliphatic rings. The van der Waals surface area contributed by atoms with Crippen LogP contribution < -0.4 is 4.90 Å². The Hall–Kier alpha value is -3.22. The molecule has 0 saturated carbocycles. The Morgan fingerprint density at radius 3 is 2.89 bits per heavy atom. The molecule has 0 unspecified atom stereocenters. The molecule has 142 valence electrons. The maximum Gasteiger partial charge on any atom is 0.259 e. The summed E-state index contributed by atoms with van der Waals surface area (Å²) in [6, 6.07) is 12.2. The zero-order chi connectivity index (χ0) is 18.9. The second kappa shape index (κ2) is 7.07. The van der Waals surface area contributed by atoms with Gasteiger partial charge in [0.25, 0.3) is 5.89 Å². The van der Waals surface area contributed by atoms with Crippen LogP contribution in [0.15, 0.2) is 47.1 Å². The van der Waals surface area contributed by atoms with Crippen molar-refractivity contribution in [3.63, 3.8) is 0 Å². The third-order valence-corrected chi connectivity index (χ3v) is 5.29. The molecule has 4 aromatic rings. The molecule has 1 aliphatic heterocycles. The van der Waals surface area contributed by atoms with Crippen molar-refractivity contribution in [3.8, 4) is 11.5 Å². The Bertz CT molecular complexity index is 1050. The van der Waals surface area contributed by atoms with E-state index in [0.29, 0.717) is 17.6 Å². The zero-order valence-electron chi connectivity index (χ0n) is 15.8. The number of anilines is 1. The fourth-order valence-corrected chi connectivity index (χ4v) is 3.93. The first-order valence-electron chi connectivity index (χ1n) is 9.70. The zero-order valence-corrected chi connectivity index (χ0v) is 15.8. The van der Waals surface area contributed by atoms with Gasteiger partial charge in [-0.2, -0.15) is 4.98 Å². The molecular formula is C21H22N6O. The van der Waals surface area contributed by atoms with Gasteiger partial charge < -0.3 is 14.4 Å². The molecule has 0 radical (unpaired) electrons. The van der Waals surface area contributed by atoms with Gasteiger partial charge in [0, 0.05) is 25.7 Å². The summed E-state index contributed by atoms with van der Waals surface area (Å²) < 4.78 is 5.22. The van der Waals surface area contributed by atoms with Gasteiger partial charge in [-0.05, 0) is 49.9 Å². The highest BCUT2D eigenvalue weighted by Crippen LogP contribution is 2.26. The minimum atomic E-state index is 0.512. The van der Waals surface area contributed by atoms with E-state index in [1.165, 1.54) is 6.42 Å². The predicted molar refractivity (Wildman–Crippen MR) is 107 cm³/mol. The number of aromatic amines is 1. The van der Waals surface area contributed by atoms with Crippen molar-refractivity contribution >= 4 is 16.9 Å². The van der Waals surface area contributed by atoms with Crippen LogP contribution in [0.25, 0.3) is 22.5 Å². The molecule has 1 atom stereocenters. The Kier molecular flexibility index (Phi) is 4.27. The van der Waals surface area contributed by atoms with Crippen LogP contribution in [0.5, 0.6) is 0 Å². The van der Waals surface area contributed by atoms with Crippen LogP contribution >= 0.6 is 0 Å². The topological polar surface area (TPSA) is 83.7 Å². The number of nitrogens with one attached hydrogen (secondary N) is 1.